The number of hydrogen-bond donors (Lipinski definition) is 2. The van der Waals surface area contributed by atoms with Gasteiger partial charge < -0.3 is 10.7 Å². The highest BCUT2D eigenvalue weighted by atomic mass is 35.5. The normalized spacial score (nSPS) is 12.7. The van der Waals surface area contributed by atoms with E-state index in [-0.39, 0.29) is 5.25 Å². The molecule has 0 saturated heterocycles. The lowest BCUT2D eigenvalue weighted by Crippen LogP contribution is -1.99. The molecule has 3 heterocycles. The number of nitrogens with one attached hydrogen (secondary N) is 1. The number of anilines is 1. The van der Waals surface area contributed by atoms with Crippen molar-refractivity contribution >= 4 is 51.7 Å². The highest BCUT2D eigenvalue weighted by Gasteiger charge is 2.16. The Bertz CT molecular complexity index is 844. The maximum Gasteiger partial charge on any atom is 0.191 e. The van der Waals surface area contributed by atoms with E-state index in [0.717, 1.165) is 23.0 Å². The van der Waals surface area contributed by atoms with E-state index in [1.54, 1.807) is 0 Å². The summed E-state index contributed by atoms with van der Waals surface area (Å²) in [6.07, 6.45) is 2.90. The molecule has 0 aliphatic carbocycles. The summed E-state index contributed by atoms with van der Waals surface area (Å²) < 4.78 is 0. The first kappa shape index (κ1) is 16.4. The van der Waals surface area contributed by atoms with Gasteiger partial charge in [-0.3, -0.25) is 0 Å². The van der Waals surface area contributed by atoms with Crippen LogP contribution in [-0.4, -0.2) is 19.9 Å². The molecule has 0 fully saturated rings. The van der Waals surface area contributed by atoms with Crippen molar-refractivity contribution in [3.63, 3.8) is 0 Å². The Morgan fingerprint density at radius 1 is 1.26 bits per heavy atom. The molecule has 1 atom stereocenters. The predicted molar refractivity (Wildman–Crippen MR) is 96.2 cm³/mol. The van der Waals surface area contributed by atoms with Crippen molar-refractivity contribution in [1.82, 2.24) is 19.9 Å². The van der Waals surface area contributed by atoms with Gasteiger partial charge in [0.05, 0.1) is 16.5 Å². The van der Waals surface area contributed by atoms with Crippen LogP contribution in [0.2, 0.25) is 10.3 Å². The second-order valence-electron chi connectivity index (χ2n) is 5.09. The van der Waals surface area contributed by atoms with Crippen molar-refractivity contribution in [1.29, 1.82) is 0 Å². The summed E-state index contributed by atoms with van der Waals surface area (Å²) in [4.78, 5) is 16.0. The molecule has 5 nitrogen and oxygen atoms in total. The largest absolute Gasteiger partial charge is 0.384 e. The van der Waals surface area contributed by atoms with Crippen LogP contribution >= 0.6 is 35.0 Å². The molecule has 3 N–H and O–H groups in total. The summed E-state index contributed by atoms with van der Waals surface area (Å²) in [6, 6.07) is 3.58. The fourth-order valence-electron chi connectivity index (χ4n) is 2.35. The van der Waals surface area contributed by atoms with Crippen LogP contribution in [0.25, 0.3) is 10.9 Å². The van der Waals surface area contributed by atoms with E-state index in [4.69, 9.17) is 28.9 Å². The number of aromatic nitrogens is 4. The number of halogens is 2. The zero-order valence-electron chi connectivity index (χ0n) is 12.6. The molecule has 0 saturated carbocycles. The monoisotopic (exact) mass is 367 g/mol. The number of aromatic amines is 1. The maximum absolute atomic E-state index is 6.31. The number of nitrogen functional groups attached to an aromatic ring is 1. The van der Waals surface area contributed by atoms with Crippen LogP contribution in [0, 0.1) is 0 Å². The molecule has 3 rings (SSSR count). The minimum Gasteiger partial charge on any atom is -0.384 e. The SMILES string of the molecule is CCc1c[nH]c2c(Cl)nc(C(C)Sc3nc(N)cc(Cl)n3)cc12. The van der Waals surface area contributed by atoms with Crippen molar-refractivity contribution in [2.45, 2.75) is 30.7 Å². The second kappa shape index (κ2) is 6.55. The first-order valence-corrected chi connectivity index (χ1v) is 8.74. The summed E-state index contributed by atoms with van der Waals surface area (Å²) in [6.45, 7) is 4.13. The predicted octanol–water partition coefficient (Wildman–Crippen LogP) is 4.66. The molecule has 0 amide bonds. The topological polar surface area (TPSA) is 80.5 Å². The van der Waals surface area contributed by atoms with Gasteiger partial charge in [0, 0.05) is 17.6 Å². The number of thioether (sulfide) groups is 1. The van der Waals surface area contributed by atoms with E-state index in [2.05, 4.69) is 32.9 Å². The Morgan fingerprint density at radius 2 is 2.04 bits per heavy atom. The molecule has 0 radical (unpaired) electrons. The van der Waals surface area contributed by atoms with E-state index < -0.39 is 0 Å². The van der Waals surface area contributed by atoms with E-state index in [1.165, 1.54) is 23.4 Å². The number of aryl methyl sites for hydroxylation is 1. The van der Waals surface area contributed by atoms with Gasteiger partial charge in [0.15, 0.2) is 10.3 Å². The lowest BCUT2D eigenvalue weighted by molar-refractivity contribution is 0.946. The number of nitrogens with two attached hydrogens (primary N) is 1. The van der Waals surface area contributed by atoms with Crippen LogP contribution in [0.1, 0.15) is 30.4 Å². The Balaban J connectivity index is 1.95. The number of hydrogen-bond acceptors (Lipinski definition) is 5. The molecule has 0 aliphatic rings. The molecule has 3 aromatic rings. The second-order valence-corrected chi connectivity index (χ2v) is 7.14. The third kappa shape index (κ3) is 3.39. The molecule has 120 valence electrons. The average Bonchev–Trinajstić information content (AvgIpc) is 2.89. The fourth-order valence-corrected chi connectivity index (χ4v) is 3.71. The molecule has 3 aromatic heterocycles. The summed E-state index contributed by atoms with van der Waals surface area (Å²) in [5.74, 6) is 0.347. The Hall–Kier alpha value is -1.50. The zero-order chi connectivity index (χ0) is 16.6. The quantitative estimate of drug-likeness (QED) is 0.303. The minimum atomic E-state index is 0.00868. The Kier molecular flexibility index (Phi) is 4.66. The summed E-state index contributed by atoms with van der Waals surface area (Å²) in [5.41, 5.74) is 8.65. The number of H-pyrrole nitrogens is 1. The molecule has 1 unspecified atom stereocenters. The number of fused-ring (bicyclic) bond motifs is 1. The molecule has 8 heteroatoms. The third-order valence-corrected chi connectivity index (χ3v) is 4.96. The smallest absolute Gasteiger partial charge is 0.191 e. The summed E-state index contributed by atoms with van der Waals surface area (Å²) >= 11 is 13.7. The van der Waals surface area contributed by atoms with Gasteiger partial charge in [-0.1, -0.05) is 41.9 Å². The van der Waals surface area contributed by atoms with Gasteiger partial charge in [0.2, 0.25) is 0 Å². The van der Waals surface area contributed by atoms with E-state index >= 15 is 0 Å². The van der Waals surface area contributed by atoms with E-state index in [1.807, 2.05) is 13.1 Å². The Labute approximate surface area is 148 Å². The highest BCUT2D eigenvalue weighted by Crippen LogP contribution is 2.36. The number of rotatable bonds is 4. The van der Waals surface area contributed by atoms with Gasteiger partial charge >= 0.3 is 0 Å². The fraction of sp³-hybridized carbons (Fsp3) is 0.267. The van der Waals surface area contributed by atoms with Gasteiger partial charge in [-0.05, 0) is 25.0 Å². The lowest BCUT2D eigenvalue weighted by Gasteiger charge is -2.11. The molecule has 0 aromatic carbocycles. The van der Waals surface area contributed by atoms with Crippen LogP contribution in [0.15, 0.2) is 23.5 Å². The van der Waals surface area contributed by atoms with Crippen LogP contribution in [0.4, 0.5) is 5.82 Å². The highest BCUT2D eigenvalue weighted by molar-refractivity contribution is 7.99. The number of nitrogens with zero attached hydrogens (tertiary/aromatic N) is 3. The molecule has 0 aliphatic heterocycles. The van der Waals surface area contributed by atoms with Gasteiger partial charge in [-0.25, -0.2) is 15.0 Å². The lowest BCUT2D eigenvalue weighted by atomic mass is 10.1. The van der Waals surface area contributed by atoms with Gasteiger partial charge in [0.1, 0.15) is 11.0 Å². The van der Waals surface area contributed by atoms with Crippen molar-refractivity contribution in [3.05, 3.63) is 39.9 Å². The van der Waals surface area contributed by atoms with Gasteiger partial charge in [0.25, 0.3) is 0 Å². The molecule has 0 spiro atoms. The van der Waals surface area contributed by atoms with Crippen LogP contribution < -0.4 is 5.73 Å². The first-order valence-electron chi connectivity index (χ1n) is 7.11. The molecular weight excluding hydrogens is 353 g/mol. The van der Waals surface area contributed by atoms with Crippen molar-refractivity contribution in [3.8, 4) is 0 Å². The van der Waals surface area contributed by atoms with Gasteiger partial charge in [-0.2, -0.15) is 0 Å². The standard InChI is InChI=1S/C15H15Cl2N5S/c1-3-8-6-19-13-9(8)4-10(20-14(13)17)7(2)23-15-21-11(16)5-12(18)22-15/h4-7,19H,3H2,1-2H3,(H2,18,21,22). The van der Waals surface area contributed by atoms with Crippen LogP contribution in [0.3, 0.4) is 0 Å². The molecule has 23 heavy (non-hydrogen) atoms. The van der Waals surface area contributed by atoms with Crippen LogP contribution in [-0.2, 0) is 6.42 Å². The summed E-state index contributed by atoms with van der Waals surface area (Å²) in [5, 5.41) is 2.42. The van der Waals surface area contributed by atoms with Crippen molar-refractivity contribution < 1.29 is 0 Å². The first-order chi connectivity index (χ1) is 11.0. The average molecular weight is 368 g/mol. The van der Waals surface area contributed by atoms with E-state index in [0.29, 0.717) is 21.3 Å². The van der Waals surface area contributed by atoms with E-state index in [9.17, 15) is 0 Å². The third-order valence-electron chi connectivity index (χ3n) is 3.51. The maximum atomic E-state index is 6.31. The molecular formula is C15H15Cl2N5S. The zero-order valence-corrected chi connectivity index (χ0v) is 14.9. The molecule has 0 bridgehead atoms. The summed E-state index contributed by atoms with van der Waals surface area (Å²) in [7, 11) is 0. The van der Waals surface area contributed by atoms with Crippen molar-refractivity contribution in [2.75, 3.05) is 5.73 Å². The van der Waals surface area contributed by atoms with Crippen molar-refractivity contribution in [2.24, 2.45) is 0 Å². The Morgan fingerprint density at radius 3 is 2.74 bits per heavy atom. The number of pyridine rings is 1. The van der Waals surface area contributed by atoms with Crippen LogP contribution in [0.5, 0.6) is 0 Å². The minimum absolute atomic E-state index is 0.00868. The van der Waals surface area contributed by atoms with Gasteiger partial charge in [-0.15, -0.1) is 0 Å².